The van der Waals surface area contributed by atoms with Crippen LogP contribution in [0.1, 0.15) is 22.7 Å². The number of nitriles is 1. The third-order valence-electron chi connectivity index (χ3n) is 4.61. The maximum absolute atomic E-state index is 12.5. The fourth-order valence-electron chi connectivity index (χ4n) is 3.01. The number of anilines is 1. The monoisotopic (exact) mass is 424 g/mol. The lowest BCUT2D eigenvalue weighted by Crippen LogP contribution is -2.14. The number of nitrogens with two attached hydrogens (primary N) is 1. The summed E-state index contributed by atoms with van der Waals surface area (Å²) >= 11 is 0. The van der Waals surface area contributed by atoms with Crippen molar-refractivity contribution in [3.05, 3.63) is 77.0 Å². The fourth-order valence-corrected chi connectivity index (χ4v) is 3.52. The van der Waals surface area contributed by atoms with Crippen LogP contribution in [0.15, 0.2) is 63.6 Å². The number of amides is 1. The largest absolute Gasteiger partial charge is 0.467 e. The Morgan fingerprint density at radius 2 is 1.97 bits per heavy atom. The standard InChI is InChI=1S/C21H20N4O4S/c1-14-10-16(15(2)25(14)13-19-4-3-9-29-19)11-17(12-22)21(26)24-18-5-7-20(8-6-18)30(23,27)28/h3-11H,13H2,1-2H3,(H,24,26)(H2,23,27,28)/b17-11+. The van der Waals surface area contributed by atoms with E-state index in [2.05, 4.69) is 5.32 Å². The Hall–Kier alpha value is -3.61. The Bertz CT molecular complexity index is 1250. The molecular weight excluding hydrogens is 404 g/mol. The molecule has 8 nitrogen and oxygen atoms in total. The molecule has 0 atom stereocenters. The van der Waals surface area contributed by atoms with Crippen molar-refractivity contribution in [3.63, 3.8) is 0 Å². The molecule has 3 N–H and O–H groups in total. The van der Waals surface area contributed by atoms with Gasteiger partial charge in [0.05, 0.1) is 17.7 Å². The lowest BCUT2D eigenvalue weighted by molar-refractivity contribution is -0.112. The average Bonchev–Trinajstić information content (AvgIpc) is 3.29. The summed E-state index contributed by atoms with van der Waals surface area (Å²) in [4.78, 5) is 12.5. The van der Waals surface area contributed by atoms with Crippen LogP contribution in [-0.4, -0.2) is 18.9 Å². The average molecular weight is 424 g/mol. The van der Waals surface area contributed by atoms with Crippen LogP contribution in [0.4, 0.5) is 5.69 Å². The van der Waals surface area contributed by atoms with E-state index in [1.54, 1.807) is 6.26 Å². The summed E-state index contributed by atoms with van der Waals surface area (Å²) in [6.45, 7) is 4.39. The van der Waals surface area contributed by atoms with E-state index in [1.807, 2.05) is 42.7 Å². The van der Waals surface area contributed by atoms with Crippen molar-refractivity contribution >= 4 is 27.7 Å². The molecule has 0 saturated heterocycles. The van der Waals surface area contributed by atoms with Crippen molar-refractivity contribution in [2.75, 3.05) is 5.32 Å². The second kappa shape index (κ2) is 8.41. The molecule has 0 unspecified atom stereocenters. The zero-order valence-electron chi connectivity index (χ0n) is 16.4. The van der Waals surface area contributed by atoms with Gasteiger partial charge in [-0.1, -0.05) is 0 Å². The molecule has 0 bridgehead atoms. The molecule has 0 saturated carbocycles. The van der Waals surface area contributed by atoms with Crippen molar-refractivity contribution in [2.24, 2.45) is 5.14 Å². The maximum atomic E-state index is 12.5. The predicted molar refractivity (Wildman–Crippen MR) is 112 cm³/mol. The summed E-state index contributed by atoms with van der Waals surface area (Å²) in [6, 6.07) is 12.9. The molecular formula is C21H20N4O4S. The lowest BCUT2D eigenvalue weighted by atomic mass is 10.1. The number of carbonyl (C=O) groups excluding carboxylic acids is 1. The molecule has 154 valence electrons. The number of nitrogens with one attached hydrogen (secondary N) is 1. The van der Waals surface area contributed by atoms with E-state index in [1.165, 1.54) is 30.3 Å². The van der Waals surface area contributed by atoms with E-state index in [-0.39, 0.29) is 10.5 Å². The van der Waals surface area contributed by atoms with Gasteiger partial charge in [-0.25, -0.2) is 13.6 Å². The Morgan fingerprint density at radius 3 is 2.53 bits per heavy atom. The van der Waals surface area contributed by atoms with Crippen LogP contribution in [0.25, 0.3) is 6.08 Å². The van der Waals surface area contributed by atoms with Gasteiger partial charge >= 0.3 is 0 Å². The van der Waals surface area contributed by atoms with Gasteiger partial charge in [0.15, 0.2) is 0 Å². The highest BCUT2D eigenvalue weighted by molar-refractivity contribution is 7.89. The Kier molecular flexibility index (Phi) is 5.91. The highest BCUT2D eigenvalue weighted by Gasteiger charge is 2.14. The summed E-state index contributed by atoms with van der Waals surface area (Å²) in [6.07, 6.45) is 3.13. The Morgan fingerprint density at radius 1 is 1.27 bits per heavy atom. The number of hydrogen-bond acceptors (Lipinski definition) is 5. The fraction of sp³-hybridized carbons (Fsp3) is 0.143. The van der Waals surface area contributed by atoms with Gasteiger partial charge in [0.2, 0.25) is 10.0 Å². The van der Waals surface area contributed by atoms with Crippen LogP contribution in [0.3, 0.4) is 0 Å². The number of hydrogen-bond donors (Lipinski definition) is 2. The molecule has 0 spiro atoms. The molecule has 0 aliphatic rings. The van der Waals surface area contributed by atoms with Gasteiger partial charge in [-0.15, -0.1) is 0 Å². The van der Waals surface area contributed by atoms with Gasteiger partial charge in [0.1, 0.15) is 17.4 Å². The molecule has 3 rings (SSSR count). The minimum atomic E-state index is -3.82. The zero-order valence-corrected chi connectivity index (χ0v) is 17.2. The number of benzene rings is 1. The van der Waals surface area contributed by atoms with Crippen LogP contribution in [-0.2, 0) is 21.4 Å². The molecule has 2 heterocycles. The van der Waals surface area contributed by atoms with Gasteiger partial charge < -0.3 is 14.3 Å². The van der Waals surface area contributed by atoms with Crippen molar-refractivity contribution in [2.45, 2.75) is 25.3 Å². The van der Waals surface area contributed by atoms with Crippen molar-refractivity contribution in [3.8, 4) is 6.07 Å². The summed E-state index contributed by atoms with van der Waals surface area (Å²) in [5.41, 5.74) is 2.87. The van der Waals surface area contributed by atoms with Gasteiger partial charge in [-0.2, -0.15) is 5.26 Å². The van der Waals surface area contributed by atoms with Gasteiger partial charge in [-0.05, 0) is 68.0 Å². The minimum absolute atomic E-state index is 0.0689. The number of nitrogens with zero attached hydrogens (tertiary/aromatic N) is 2. The zero-order chi connectivity index (χ0) is 21.9. The van der Waals surface area contributed by atoms with Crippen LogP contribution in [0.5, 0.6) is 0 Å². The first-order chi connectivity index (χ1) is 14.2. The third-order valence-corrected chi connectivity index (χ3v) is 5.54. The lowest BCUT2D eigenvalue weighted by Gasteiger charge is -2.07. The first kappa shape index (κ1) is 21.1. The number of primary sulfonamides is 1. The SMILES string of the molecule is Cc1cc(/C=C(\C#N)C(=O)Nc2ccc(S(N)(=O)=O)cc2)c(C)n1Cc1ccco1. The van der Waals surface area contributed by atoms with Crippen LogP contribution < -0.4 is 10.5 Å². The quantitative estimate of drug-likeness (QED) is 0.464. The number of rotatable bonds is 6. The van der Waals surface area contributed by atoms with Crippen molar-refractivity contribution in [1.82, 2.24) is 4.57 Å². The van der Waals surface area contributed by atoms with E-state index < -0.39 is 15.9 Å². The maximum Gasteiger partial charge on any atom is 0.266 e. The van der Waals surface area contributed by atoms with E-state index in [4.69, 9.17) is 9.56 Å². The first-order valence-electron chi connectivity index (χ1n) is 8.94. The second-order valence-corrected chi connectivity index (χ2v) is 8.25. The summed E-state index contributed by atoms with van der Waals surface area (Å²) in [7, 11) is -3.82. The van der Waals surface area contributed by atoms with E-state index in [9.17, 15) is 18.5 Å². The van der Waals surface area contributed by atoms with E-state index in [0.29, 0.717) is 12.2 Å². The molecule has 30 heavy (non-hydrogen) atoms. The summed E-state index contributed by atoms with van der Waals surface area (Å²) < 4.78 is 30.1. The van der Waals surface area contributed by atoms with Gasteiger partial charge in [0, 0.05) is 17.1 Å². The molecule has 9 heteroatoms. The van der Waals surface area contributed by atoms with Crippen LogP contribution >= 0.6 is 0 Å². The van der Waals surface area contributed by atoms with Crippen LogP contribution in [0.2, 0.25) is 0 Å². The van der Waals surface area contributed by atoms with E-state index >= 15 is 0 Å². The topological polar surface area (TPSA) is 131 Å². The first-order valence-corrected chi connectivity index (χ1v) is 10.5. The molecule has 1 amide bonds. The highest BCUT2D eigenvalue weighted by atomic mass is 32.2. The summed E-state index contributed by atoms with van der Waals surface area (Å²) in [5, 5.41) is 17.1. The number of aromatic nitrogens is 1. The second-order valence-electron chi connectivity index (χ2n) is 6.69. The molecule has 3 aromatic rings. The number of aryl methyl sites for hydroxylation is 1. The molecule has 0 aliphatic carbocycles. The number of carbonyl (C=O) groups is 1. The third kappa shape index (κ3) is 4.68. The van der Waals surface area contributed by atoms with Gasteiger partial charge in [-0.3, -0.25) is 4.79 Å². The number of sulfonamides is 1. The van der Waals surface area contributed by atoms with Crippen LogP contribution in [0, 0.1) is 25.2 Å². The number of furan rings is 1. The molecule has 0 aliphatic heterocycles. The highest BCUT2D eigenvalue weighted by Crippen LogP contribution is 2.21. The molecule has 1 aromatic carbocycles. The normalized spacial score (nSPS) is 11.9. The van der Waals surface area contributed by atoms with E-state index in [0.717, 1.165) is 22.7 Å². The minimum Gasteiger partial charge on any atom is -0.467 e. The van der Waals surface area contributed by atoms with Gasteiger partial charge in [0.25, 0.3) is 5.91 Å². The molecule has 0 radical (unpaired) electrons. The smallest absolute Gasteiger partial charge is 0.266 e. The Labute approximate surface area is 174 Å². The molecule has 0 fully saturated rings. The Balaban J connectivity index is 1.82. The van der Waals surface area contributed by atoms with Crippen molar-refractivity contribution < 1.29 is 17.6 Å². The van der Waals surface area contributed by atoms with Crippen molar-refractivity contribution in [1.29, 1.82) is 5.26 Å². The molecule has 2 aromatic heterocycles. The predicted octanol–water partition coefficient (Wildman–Crippen LogP) is 2.94. The summed E-state index contributed by atoms with van der Waals surface area (Å²) in [5.74, 6) is 0.199.